The van der Waals surface area contributed by atoms with Gasteiger partial charge in [0.1, 0.15) is 5.76 Å². The molecule has 0 atom stereocenters. The number of carbonyl (C=O) groups excluding carboxylic acids is 1. The number of rotatable bonds is 2. The minimum absolute atomic E-state index is 0.0197. The fourth-order valence-electron chi connectivity index (χ4n) is 1.04. The molecule has 0 aromatic carbocycles. The lowest BCUT2D eigenvalue weighted by Gasteiger charge is -2.12. The number of hydrogen-bond acceptors (Lipinski definition) is 3. The first-order valence-electron chi connectivity index (χ1n) is 3.41. The van der Waals surface area contributed by atoms with Gasteiger partial charge in [0.05, 0.1) is 12.7 Å². The Labute approximate surface area is 65.0 Å². The monoisotopic (exact) mass is 154 g/mol. The van der Waals surface area contributed by atoms with Crippen LogP contribution in [0.3, 0.4) is 0 Å². The van der Waals surface area contributed by atoms with E-state index in [0.29, 0.717) is 24.0 Å². The zero-order valence-electron chi connectivity index (χ0n) is 6.33. The molecule has 0 aromatic rings. The molecule has 0 aliphatic heterocycles. The van der Waals surface area contributed by atoms with E-state index in [1.165, 1.54) is 7.11 Å². The molecule has 60 valence electrons. The van der Waals surface area contributed by atoms with E-state index in [2.05, 4.69) is 0 Å². The van der Waals surface area contributed by atoms with Crippen LogP contribution in [0.25, 0.3) is 0 Å². The Morgan fingerprint density at radius 2 is 2.45 bits per heavy atom. The van der Waals surface area contributed by atoms with Crippen LogP contribution in [0.5, 0.6) is 0 Å². The first kappa shape index (κ1) is 7.85. The van der Waals surface area contributed by atoms with Crippen molar-refractivity contribution in [3.63, 3.8) is 0 Å². The maximum absolute atomic E-state index is 10.3. The largest absolute Gasteiger partial charge is 0.504 e. The van der Waals surface area contributed by atoms with Crippen molar-refractivity contribution in [3.05, 3.63) is 23.2 Å². The second-order valence-corrected chi connectivity index (χ2v) is 2.29. The summed E-state index contributed by atoms with van der Waals surface area (Å²) < 4.78 is 4.87. The van der Waals surface area contributed by atoms with Gasteiger partial charge in [0.25, 0.3) is 0 Å². The van der Waals surface area contributed by atoms with E-state index in [0.717, 1.165) is 6.42 Å². The van der Waals surface area contributed by atoms with Crippen LogP contribution in [0.15, 0.2) is 23.2 Å². The van der Waals surface area contributed by atoms with Gasteiger partial charge in [-0.05, 0) is 6.42 Å². The van der Waals surface area contributed by atoms with E-state index in [1.54, 1.807) is 6.08 Å². The minimum atomic E-state index is -0.0197. The van der Waals surface area contributed by atoms with Crippen LogP contribution in [-0.4, -0.2) is 18.5 Å². The van der Waals surface area contributed by atoms with E-state index < -0.39 is 0 Å². The molecule has 0 spiro atoms. The van der Waals surface area contributed by atoms with Crippen LogP contribution in [0.1, 0.15) is 12.8 Å². The Balaban J connectivity index is 2.92. The number of hydrogen-bond donors (Lipinski definition) is 1. The summed E-state index contributed by atoms with van der Waals surface area (Å²) in [4.78, 5) is 10.3. The predicted molar refractivity (Wildman–Crippen MR) is 40.0 cm³/mol. The SMILES string of the molecule is COC1=C(O)C(C=O)=CCC1. The molecule has 1 N–H and O–H groups in total. The number of aliphatic hydroxyl groups excluding tert-OH is 1. The van der Waals surface area contributed by atoms with Gasteiger partial charge in [-0.1, -0.05) is 6.08 Å². The lowest BCUT2D eigenvalue weighted by Crippen LogP contribution is -2.03. The molecule has 1 rings (SSSR count). The van der Waals surface area contributed by atoms with Crippen molar-refractivity contribution in [1.82, 2.24) is 0 Å². The zero-order valence-corrected chi connectivity index (χ0v) is 6.33. The highest BCUT2D eigenvalue weighted by atomic mass is 16.5. The van der Waals surface area contributed by atoms with Gasteiger partial charge in [0, 0.05) is 6.42 Å². The van der Waals surface area contributed by atoms with Gasteiger partial charge >= 0.3 is 0 Å². The summed E-state index contributed by atoms with van der Waals surface area (Å²) in [6.07, 6.45) is 3.75. The standard InChI is InChI=1S/C8H10O3/c1-11-7-4-2-3-6(5-9)8(7)10/h3,5,10H,2,4H2,1H3. The molecule has 0 saturated carbocycles. The van der Waals surface area contributed by atoms with Crippen LogP contribution in [-0.2, 0) is 9.53 Å². The highest BCUT2D eigenvalue weighted by molar-refractivity contribution is 5.79. The normalized spacial score (nSPS) is 17.7. The Bertz CT molecular complexity index is 225. The van der Waals surface area contributed by atoms with Crippen LogP contribution in [0.4, 0.5) is 0 Å². The molecule has 3 nitrogen and oxygen atoms in total. The molecule has 3 heteroatoms. The zero-order chi connectivity index (χ0) is 8.27. The molecule has 0 amide bonds. The Kier molecular flexibility index (Phi) is 2.31. The van der Waals surface area contributed by atoms with Crippen LogP contribution < -0.4 is 0 Å². The average molecular weight is 154 g/mol. The smallest absolute Gasteiger partial charge is 0.163 e. The second-order valence-electron chi connectivity index (χ2n) is 2.29. The van der Waals surface area contributed by atoms with Crippen LogP contribution in [0, 0.1) is 0 Å². The number of ether oxygens (including phenoxy) is 1. The Morgan fingerprint density at radius 1 is 1.73 bits per heavy atom. The van der Waals surface area contributed by atoms with Gasteiger partial charge in [-0.2, -0.15) is 0 Å². The van der Waals surface area contributed by atoms with E-state index >= 15 is 0 Å². The fourth-order valence-corrected chi connectivity index (χ4v) is 1.04. The third kappa shape index (κ3) is 1.42. The third-order valence-corrected chi connectivity index (χ3v) is 1.65. The molecule has 0 aromatic heterocycles. The number of allylic oxidation sites excluding steroid dienone is 3. The molecule has 11 heavy (non-hydrogen) atoms. The molecular formula is C8H10O3. The second kappa shape index (κ2) is 3.23. The summed E-state index contributed by atoms with van der Waals surface area (Å²) in [5.41, 5.74) is 0.327. The number of aldehydes is 1. The molecule has 0 bridgehead atoms. The highest BCUT2D eigenvalue weighted by Gasteiger charge is 2.14. The quantitative estimate of drug-likeness (QED) is 0.610. The van der Waals surface area contributed by atoms with Crippen molar-refractivity contribution in [3.8, 4) is 0 Å². The number of methoxy groups -OCH3 is 1. The van der Waals surface area contributed by atoms with Crippen LogP contribution in [0.2, 0.25) is 0 Å². The van der Waals surface area contributed by atoms with E-state index in [-0.39, 0.29) is 5.76 Å². The lowest BCUT2D eigenvalue weighted by molar-refractivity contribution is -0.105. The third-order valence-electron chi connectivity index (χ3n) is 1.65. The molecular weight excluding hydrogens is 144 g/mol. The first-order valence-corrected chi connectivity index (χ1v) is 3.41. The number of carbonyl (C=O) groups is 1. The Hall–Kier alpha value is -1.25. The maximum Gasteiger partial charge on any atom is 0.163 e. The van der Waals surface area contributed by atoms with Gasteiger partial charge in [-0.3, -0.25) is 4.79 Å². The van der Waals surface area contributed by atoms with Crippen molar-refractivity contribution in [2.75, 3.05) is 7.11 Å². The van der Waals surface area contributed by atoms with Crippen molar-refractivity contribution in [2.45, 2.75) is 12.8 Å². The van der Waals surface area contributed by atoms with Crippen molar-refractivity contribution >= 4 is 6.29 Å². The maximum atomic E-state index is 10.3. The molecule has 1 aliphatic rings. The number of aliphatic hydroxyl groups is 1. The highest BCUT2D eigenvalue weighted by Crippen LogP contribution is 2.21. The topological polar surface area (TPSA) is 46.5 Å². The van der Waals surface area contributed by atoms with E-state index in [4.69, 9.17) is 4.74 Å². The molecule has 0 radical (unpaired) electrons. The van der Waals surface area contributed by atoms with Gasteiger partial charge < -0.3 is 9.84 Å². The summed E-state index contributed by atoms with van der Waals surface area (Å²) in [6, 6.07) is 0. The first-order chi connectivity index (χ1) is 5.29. The average Bonchev–Trinajstić information content (AvgIpc) is 2.05. The molecule has 0 saturated heterocycles. The molecule has 0 fully saturated rings. The van der Waals surface area contributed by atoms with E-state index in [1.807, 2.05) is 0 Å². The van der Waals surface area contributed by atoms with Crippen molar-refractivity contribution in [1.29, 1.82) is 0 Å². The summed E-state index contributed by atoms with van der Waals surface area (Å²) in [6.45, 7) is 0. The fraction of sp³-hybridized carbons (Fsp3) is 0.375. The molecule has 1 aliphatic carbocycles. The minimum Gasteiger partial charge on any atom is -0.504 e. The van der Waals surface area contributed by atoms with Gasteiger partial charge in [0.2, 0.25) is 0 Å². The van der Waals surface area contributed by atoms with Crippen molar-refractivity contribution in [2.24, 2.45) is 0 Å². The Morgan fingerprint density at radius 3 is 3.00 bits per heavy atom. The predicted octanol–water partition coefficient (Wildman–Crippen LogP) is 1.32. The molecule has 0 unspecified atom stereocenters. The van der Waals surface area contributed by atoms with E-state index in [9.17, 15) is 9.90 Å². The summed E-state index contributed by atoms with van der Waals surface area (Å²) >= 11 is 0. The van der Waals surface area contributed by atoms with Crippen molar-refractivity contribution < 1.29 is 14.6 Å². The van der Waals surface area contributed by atoms with Gasteiger partial charge in [0.15, 0.2) is 12.0 Å². The van der Waals surface area contributed by atoms with Gasteiger partial charge in [-0.25, -0.2) is 0 Å². The lowest BCUT2D eigenvalue weighted by atomic mass is 10.0. The summed E-state index contributed by atoms with van der Waals surface area (Å²) in [7, 11) is 1.49. The summed E-state index contributed by atoms with van der Waals surface area (Å²) in [5, 5.41) is 9.28. The molecule has 0 heterocycles. The van der Waals surface area contributed by atoms with Crippen LogP contribution >= 0.6 is 0 Å². The summed E-state index contributed by atoms with van der Waals surface area (Å²) in [5.74, 6) is 0.475. The van der Waals surface area contributed by atoms with Gasteiger partial charge in [-0.15, -0.1) is 0 Å².